The minimum Gasteiger partial charge on any atom is -0.466 e. The van der Waals surface area contributed by atoms with Crippen molar-refractivity contribution in [2.75, 3.05) is 13.2 Å². The van der Waals surface area contributed by atoms with E-state index in [1.165, 1.54) is 276 Å². The number of nitrogens with one attached hydrogen (secondary N) is 1. The average molecular weight is 935 g/mol. The van der Waals surface area contributed by atoms with Crippen molar-refractivity contribution in [2.45, 2.75) is 360 Å². The maximum absolute atomic E-state index is 12.5. The molecular formula is C60H119NO5. The summed E-state index contributed by atoms with van der Waals surface area (Å²) in [5.74, 6) is -0.0300. The van der Waals surface area contributed by atoms with Gasteiger partial charge in [0.15, 0.2) is 0 Å². The van der Waals surface area contributed by atoms with Crippen molar-refractivity contribution >= 4 is 11.9 Å². The topological polar surface area (TPSA) is 95.9 Å². The van der Waals surface area contributed by atoms with Gasteiger partial charge in [-0.15, -0.1) is 0 Å². The second-order valence-electron chi connectivity index (χ2n) is 21.1. The smallest absolute Gasteiger partial charge is 0.305 e. The highest BCUT2D eigenvalue weighted by Gasteiger charge is 2.20. The molecule has 0 aromatic carbocycles. The average Bonchev–Trinajstić information content (AvgIpc) is 3.32. The van der Waals surface area contributed by atoms with E-state index in [9.17, 15) is 19.8 Å². The van der Waals surface area contributed by atoms with E-state index < -0.39 is 12.1 Å². The Hall–Kier alpha value is -1.14. The molecular weight excluding hydrogens is 815 g/mol. The Morgan fingerprint density at radius 1 is 0.364 bits per heavy atom. The maximum atomic E-state index is 12.5. The van der Waals surface area contributed by atoms with Crippen LogP contribution in [-0.4, -0.2) is 47.4 Å². The maximum Gasteiger partial charge on any atom is 0.305 e. The lowest BCUT2D eigenvalue weighted by Crippen LogP contribution is -2.45. The third-order valence-electron chi connectivity index (χ3n) is 14.4. The van der Waals surface area contributed by atoms with Gasteiger partial charge in [-0.1, -0.05) is 309 Å². The van der Waals surface area contributed by atoms with E-state index in [4.69, 9.17) is 4.74 Å². The zero-order valence-corrected chi connectivity index (χ0v) is 45.0. The molecule has 0 heterocycles. The molecule has 2 unspecified atom stereocenters. The Morgan fingerprint density at radius 2 is 0.621 bits per heavy atom. The van der Waals surface area contributed by atoms with Crippen molar-refractivity contribution in [3.05, 3.63) is 0 Å². The van der Waals surface area contributed by atoms with Crippen LogP contribution in [0.25, 0.3) is 0 Å². The summed E-state index contributed by atoms with van der Waals surface area (Å²) in [5, 5.41) is 23.3. The third-order valence-corrected chi connectivity index (χ3v) is 14.4. The molecule has 0 radical (unpaired) electrons. The van der Waals surface area contributed by atoms with Crippen LogP contribution in [0.3, 0.4) is 0 Å². The van der Waals surface area contributed by atoms with E-state index in [-0.39, 0.29) is 18.5 Å². The number of hydrogen-bond donors (Lipinski definition) is 3. The Kier molecular flexibility index (Phi) is 55.5. The van der Waals surface area contributed by atoms with Gasteiger partial charge in [-0.25, -0.2) is 0 Å². The van der Waals surface area contributed by atoms with Gasteiger partial charge in [0.25, 0.3) is 0 Å². The van der Waals surface area contributed by atoms with Crippen LogP contribution in [0.5, 0.6) is 0 Å². The largest absolute Gasteiger partial charge is 0.466 e. The monoisotopic (exact) mass is 934 g/mol. The van der Waals surface area contributed by atoms with E-state index >= 15 is 0 Å². The van der Waals surface area contributed by atoms with Gasteiger partial charge in [-0.2, -0.15) is 0 Å². The zero-order valence-electron chi connectivity index (χ0n) is 45.0. The van der Waals surface area contributed by atoms with Crippen LogP contribution in [0.4, 0.5) is 0 Å². The second-order valence-corrected chi connectivity index (χ2v) is 21.1. The fourth-order valence-electron chi connectivity index (χ4n) is 9.76. The number of unbranched alkanes of at least 4 members (excludes halogenated alkanes) is 46. The molecule has 0 spiro atoms. The number of ether oxygens (including phenoxy) is 1. The Bertz CT molecular complexity index is 944. The van der Waals surface area contributed by atoms with Crippen molar-refractivity contribution in [2.24, 2.45) is 0 Å². The lowest BCUT2D eigenvalue weighted by atomic mass is 10.0. The lowest BCUT2D eigenvalue weighted by molar-refractivity contribution is -0.143. The van der Waals surface area contributed by atoms with Gasteiger partial charge in [0.1, 0.15) is 0 Å². The van der Waals surface area contributed by atoms with E-state index in [1.54, 1.807) is 0 Å². The van der Waals surface area contributed by atoms with E-state index in [0.29, 0.717) is 25.9 Å². The number of aliphatic hydroxyl groups excluding tert-OH is 2. The molecule has 0 bridgehead atoms. The van der Waals surface area contributed by atoms with Crippen molar-refractivity contribution in [3.8, 4) is 0 Å². The van der Waals surface area contributed by atoms with Crippen LogP contribution >= 0.6 is 0 Å². The highest BCUT2D eigenvalue weighted by atomic mass is 16.5. The summed E-state index contributed by atoms with van der Waals surface area (Å²) < 4.78 is 5.49. The number of aliphatic hydroxyl groups is 2. The van der Waals surface area contributed by atoms with Crippen LogP contribution in [0.1, 0.15) is 348 Å². The number of hydrogen-bond acceptors (Lipinski definition) is 5. The van der Waals surface area contributed by atoms with Crippen LogP contribution in [-0.2, 0) is 14.3 Å². The summed E-state index contributed by atoms with van der Waals surface area (Å²) in [7, 11) is 0. The fourth-order valence-corrected chi connectivity index (χ4v) is 9.76. The Labute approximate surface area is 413 Å². The van der Waals surface area contributed by atoms with Crippen LogP contribution in [0, 0.1) is 0 Å². The Morgan fingerprint density at radius 3 is 0.924 bits per heavy atom. The van der Waals surface area contributed by atoms with E-state index in [1.807, 2.05) is 0 Å². The number of esters is 1. The molecule has 0 aliphatic heterocycles. The minimum atomic E-state index is -0.667. The van der Waals surface area contributed by atoms with Crippen molar-refractivity contribution in [1.82, 2.24) is 5.32 Å². The first kappa shape index (κ1) is 64.9. The molecule has 1 amide bonds. The molecule has 2 atom stereocenters. The first-order valence-corrected chi connectivity index (χ1v) is 30.3. The molecule has 0 aliphatic carbocycles. The molecule has 0 aromatic heterocycles. The first-order chi connectivity index (χ1) is 32.5. The van der Waals surface area contributed by atoms with Gasteiger partial charge in [0.05, 0.1) is 25.4 Å². The van der Waals surface area contributed by atoms with Crippen molar-refractivity contribution in [3.63, 3.8) is 0 Å². The van der Waals surface area contributed by atoms with Gasteiger partial charge in [0.2, 0.25) is 5.91 Å². The molecule has 0 fully saturated rings. The molecule has 6 nitrogen and oxygen atoms in total. The predicted octanol–water partition coefficient (Wildman–Crippen LogP) is 18.7. The number of carbonyl (C=O) groups excluding carboxylic acids is 2. The molecule has 0 aliphatic rings. The zero-order chi connectivity index (χ0) is 47.9. The highest BCUT2D eigenvalue weighted by Crippen LogP contribution is 2.18. The lowest BCUT2D eigenvalue weighted by Gasteiger charge is -2.22. The molecule has 66 heavy (non-hydrogen) atoms. The fraction of sp³-hybridized carbons (Fsp3) is 0.967. The van der Waals surface area contributed by atoms with Crippen molar-refractivity contribution < 1.29 is 24.5 Å². The minimum absolute atomic E-state index is 0.00829. The SMILES string of the molecule is CCCCCCCCCCCCCCCCCCCC(=O)OCCCCCCCCCCCCCCCCCCC(=O)NC(CO)C(O)CCCCCCCCCCCCCCCCCC. The molecule has 394 valence electrons. The Balaban J connectivity index is 3.39. The van der Waals surface area contributed by atoms with Gasteiger partial charge in [-0.05, 0) is 25.7 Å². The molecule has 0 rings (SSSR count). The van der Waals surface area contributed by atoms with Crippen LogP contribution in [0.2, 0.25) is 0 Å². The number of carbonyl (C=O) groups is 2. The summed E-state index contributed by atoms with van der Waals surface area (Å²) >= 11 is 0. The molecule has 0 aromatic rings. The van der Waals surface area contributed by atoms with Gasteiger partial charge in [-0.3, -0.25) is 9.59 Å². The van der Waals surface area contributed by atoms with E-state index in [2.05, 4.69) is 19.2 Å². The van der Waals surface area contributed by atoms with Crippen LogP contribution in [0.15, 0.2) is 0 Å². The van der Waals surface area contributed by atoms with Gasteiger partial charge in [0, 0.05) is 12.8 Å². The van der Waals surface area contributed by atoms with Crippen LogP contribution < -0.4 is 5.32 Å². The molecule has 3 N–H and O–H groups in total. The van der Waals surface area contributed by atoms with Gasteiger partial charge >= 0.3 is 5.97 Å². The molecule has 0 saturated heterocycles. The predicted molar refractivity (Wildman–Crippen MR) is 287 cm³/mol. The third kappa shape index (κ3) is 52.2. The summed E-state index contributed by atoms with van der Waals surface area (Å²) in [6, 6.07) is -0.545. The first-order valence-electron chi connectivity index (χ1n) is 30.3. The van der Waals surface area contributed by atoms with Gasteiger partial charge < -0.3 is 20.3 Å². The summed E-state index contributed by atoms with van der Waals surface area (Å²) in [6.45, 7) is 4.97. The highest BCUT2D eigenvalue weighted by molar-refractivity contribution is 5.76. The number of amides is 1. The van der Waals surface area contributed by atoms with E-state index in [0.717, 1.165) is 38.5 Å². The molecule has 0 saturated carbocycles. The molecule has 6 heteroatoms. The quantitative estimate of drug-likeness (QED) is 0.0417. The standard InChI is InChI=1S/C60H119NO5/c1-3-5-7-9-11-13-15-17-19-21-26-30-34-38-42-46-50-54-60(65)66-55-51-47-43-39-35-31-27-23-22-25-29-33-37-41-45-49-53-59(64)61-57(56-62)58(63)52-48-44-40-36-32-28-24-20-18-16-14-12-10-8-6-4-2/h57-58,62-63H,3-56H2,1-2H3,(H,61,64). The number of rotatable bonds is 57. The summed E-state index contributed by atoms with van der Waals surface area (Å²) in [5.41, 5.74) is 0. The van der Waals surface area contributed by atoms with Crippen molar-refractivity contribution in [1.29, 1.82) is 0 Å². The summed E-state index contributed by atoms with van der Waals surface area (Å²) in [6.07, 6.45) is 65.2. The second kappa shape index (κ2) is 56.4. The summed E-state index contributed by atoms with van der Waals surface area (Å²) in [4.78, 5) is 24.6. The normalized spacial score (nSPS) is 12.5.